The summed E-state index contributed by atoms with van der Waals surface area (Å²) >= 11 is 6.21. The van der Waals surface area contributed by atoms with Gasteiger partial charge in [0.1, 0.15) is 5.75 Å². The predicted octanol–water partition coefficient (Wildman–Crippen LogP) is 5.87. The van der Waals surface area contributed by atoms with Crippen LogP contribution in [0.3, 0.4) is 0 Å². The lowest BCUT2D eigenvalue weighted by atomic mass is 9.96. The summed E-state index contributed by atoms with van der Waals surface area (Å²) in [6.45, 7) is 2.67. The maximum absolute atomic E-state index is 12.2. The number of rotatable bonds is 7. The number of hydrogen-bond acceptors (Lipinski definition) is 3. The summed E-state index contributed by atoms with van der Waals surface area (Å²) in [5.41, 5.74) is 2.91. The molecule has 5 heteroatoms. The Morgan fingerprint density at radius 3 is 2.45 bits per heavy atom. The second kappa shape index (κ2) is 11.2. The van der Waals surface area contributed by atoms with E-state index in [1.165, 1.54) is 44.9 Å². The smallest absolute Gasteiger partial charge is 0.262 e. The van der Waals surface area contributed by atoms with Gasteiger partial charge in [0, 0.05) is 28.9 Å². The second-order valence-electron chi connectivity index (χ2n) is 7.88. The van der Waals surface area contributed by atoms with E-state index in [0.717, 1.165) is 16.8 Å². The van der Waals surface area contributed by atoms with Gasteiger partial charge in [-0.15, -0.1) is 0 Å². The SMILES string of the molecule is Cc1ccc(NC(=O)COc2ccc(Cl)cc2CNC2CCCCCCC2)cc1. The second-order valence-corrected chi connectivity index (χ2v) is 8.31. The highest BCUT2D eigenvalue weighted by Crippen LogP contribution is 2.24. The molecule has 156 valence electrons. The fourth-order valence-electron chi connectivity index (χ4n) is 3.72. The van der Waals surface area contributed by atoms with E-state index in [-0.39, 0.29) is 12.5 Å². The number of carbonyl (C=O) groups is 1. The van der Waals surface area contributed by atoms with E-state index in [2.05, 4.69) is 10.6 Å². The number of nitrogens with one attached hydrogen (secondary N) is 2. The normalized spacial score (nSPS) is 15.4. The van der Waals surface area contributed by atoms with Crippen LogP contribution in [0.2, 0.25) is 5.02 Å². The number of halogens is 1. The quantitative estimate of drug-likeness (QED) is 0.595. The van der Waals surface area contributed by atoms with Gasteiger partial charge in [-0.1, -0.05) is 61.4 Å². The monoisotopic (exact) mass is 414 g/mol. The Balaban J connectivity index is 1.54. The van der Waals surface area contributed by atoms with Gasteiger partial charge in [-0.25, -0.2) is 0 Å². The fraction of sp³-hybridized carbons (Fsp3) is 0.458. The highest BCUT2D eigenvalue weighted by atomic mass is 35.5. The minimum absolute atomic E-state index is 0.0358. The first-order valence-electron chi connectivity index (χ1n) is 10.6. The highest BCUT2D eigenvalue weighted by molar-refractivity contribution is 6.30. The number of ether oxygens (including phenoxy) is 1. The molecular formula is C24H31ClN2O2. The number of carbonyl (C=O) groups excluding carboxylic acids is 1. The third-order valence-electron chi connectivity index (χ3n) is 5.40. The van der Waals surface area contributed by atoms with Crippen molar-refractivity contribution in [1.82, 2.24) is 5.32 Å². The van der Waals surface area contributed by atoms with Gasteiger partial charge in [-0.3, -0.25) is 4.79 Å². The topological polar surface area (TPSA) is 50.4 Å². The van der Waals surface area contributed by atoms with Crippen LogP contribution in [0.4, 0.5) is 5.69 Å². The summed E-state index contributed by atoms with van der Waals surface area (Å²) in [6, 6.07) is 13.8. The van der Waals surface area contributed by atoms with Gasteiger partial charge in [0.2, 0.25) is 0 Å². The molecule has 0 aromatic heterocycles. The highest BCUT2D eigenvalue weighted by Gasteiger charge is 2.13. The molecular weight excluding hydrogens is 384 g/mol. The summed E-state index contributed by atoms with van der Waals surface area (Å²) < 4.78 is 5.82. The van der Waals surface area contributed by atoms with Crippen LogP contribution in [-0.4, -0.2) is 18.6 Å². The number of hydrogen-bond donors (Lipinski definition) is 2. The van der Waals surface area contributed by atoms with Gasteiger partial charge in [0.25, 0.3) is 5.91 Å². The zero-order valence-electron chi connectivity index (χ0n) is 17.2. The van der Waals surface area contributed by atoms with Gasteiger partial charge in [0.15, 0.2) is 6.61 Å². The lowest BCUT2D eigenvalue weighted by Crippen LogP contribution is -2.29. The molecule has 0 atom stereocenters. The summed E-state index contributed by atoms with van der Waals surface area (Å²) in [5.74, 6) is 0.523. The van der Waals surface area contributed by atoms with Crippen molar-refractivity contribution in [1.29, 1.82) is 0 Å². The molecule has 0 heterocycles. The molecule has 0 saturated heterocycles. The Morgan fingerprint density at radius 1 is 1.03 bits per heavy atom. The van der Waals surface area contributed by atoms with Crippen LogP contribution < -0.4 is 15.4 Å². The van der Waals surface area contributed by atoms with Crippen LogP contribution in [0.15, 0.2) is 42.5 Å². The summed E-state index contributed by atoms with van der Waals surface area (Å²) in [5, 5.41) is 7.20. The fourth-order valence-corrected chi connectivity index (χ4v) is 3.91. The van der Waals surface area contributed by atoms with Crippen molar-refractivity contribution in [3.8, 4) is 5.75 Å². The number of aryl methyl sites for hydroxylation is 1. The van der Waals surface area contributed by atoms with Gasteiger partial charge in [-0.05, 0) is 50.1 Å². The number of anilines is 1. The van der Waals surface area contributed by atoms with Crippen molar-refractivity contribution in [2.45, 2.75) is 64.5 Å². The Bertz CT molecular complexity index is 784. The molecule has 4 nitrogen and oxygen atoms in total. The average molecular weight is 415 g/mol. The molecule has 2 aromatic carbocycles. The van der Waals surface area contributed by atoms with E-state index in [0.29, 0.717) is 23.4 Å². The van der Waals surface area contributed by atoms with E-state index in [1.54, 1.807) is 6.07 Å². The third-order valence-corrected chi connectivity index (χ3v) is 5.64. The Kier molecular flexibility index (Phi) is 8.38. The van der Waals surface area contributed by atoms with E-state index in [9.17, 15) is 4.79 Å². The minimum atomic E-state index is -0.178. The Hall–Kier alpha value is -2.04. The molecule has 0 aliphatic heterocycles. The van der Waals surface area contributed by atoms with Crippen LogP contribution in [0.1, 0.15) is 56.1 Å². The van der Waals surface area contributed by atoms with Gasteiger partial charge in [0.05, 0.1) is 0 Å². The van der Waals surface area contributed by atoms with Crippen molar-refractivity contribution in [2.75, 3.05) is 11.9 Å². The summed E-state index contributed by atoms with van der Waals surface area (Å²) in [4.78, 5) is 12.2. The van der Waals surface area contributed by atoms with E-state index >= 15 is 0 Å². The molecule has 1 fully saturated rings. The molecule has 1 aliphatic carbocycles. The maximum atomic E-state index is 12.2. The molecule has 2 aromatic rings. The average Bonchev–Trinajstić information content (AvgIpc) is 2.68. The first kappa shape index (κ1) is 21.7. The largest absolute Gasteiger partial charge is 0.483 e. The Morgan fingerprint density at radius 2 is 1.72 bits per heavy atom. The third kappa shape index (κ3) is 7.37. The standard InChI is InChI=1S/C24H31ClN2O2/c1-18-9-12-22(13-10-18)27-24(28)17-29-23-14-11-20(25)15-19(23)16-26-21-7-5-3-2-4-6-8-21/h9-15,21,26H,2-8,16-17H2,1H3,(H,27,28). The molecule has 0 unspecified atom stereocenters. The Labute approximate surface area is 179 Å². The summed E-state index contributed by atoms with van der Waals surface area (Å²) in [6.07, 6.45) is 9.04. The zero-order chi connectivity index (χ0) is 20.5. The van der Waals surface area contributed by atoms with E-state index in [1.807, 2.05) is 43.3 Å². The molecule has 2 N–H and O–H groups in total. The first-order valence-corrected chi connectivity index (χ1v) is 11.0. The molecule has 29 heavy (non-hydrogen) atoms. The van der Waals surface area contributed by atoms with Crippen molar-refractivity contribution in [2.24, 2.45) is 0 Å². The van der Waals surface area contributed by atoms with Gasteiger partial charge < -0.3 is 15.4 Å². The lowest BCUT2D eigenvalue weighted by molar-refractivity contribution is -0.118. The maximum Gasteiger partial charge on any atom is 0.262 e. The van der Waals surface area contributed by atoms with Crippen molar-refractivity contribution in [3.05, 3.63) is 58.6 Å². The number of amides is 1. The van der Waals surface area contributed by atoms with Crippen LogP contribution >= 0.6 is 11.6 Å². The number of benzene rings is 2. The molecule has 1 saturated carbocycles. The molecule has 0 radical (unpaired) electrons. The molecule has 3 rings (SSSR count). The van der Waals surface area contributed by atoms with Crippen molar-refractivity contribution in [3.63, 3.8) is 0 Å². The van der Waals surface area contributed by atoms with Gasteiger partial charge >= 0.3 is 0 Å². The van der Waals surface area contributed by atoms with Gasteiger partial charge in [-0.2, -0.15) is 0 Å². The van der Waals surface area contributed by atoms with E-state index in [4.69, 9.17) is 16.3 Å². The first-order chi connectivity index (χ1) is 14.1. The predicted molar refractivity (Wildman–Crippen MR) is 120 cm³/mol. The lowest BCUT2D eigenvalue weighted by Gasteiger charge is -2.22. The van der Waals surface area contributed by atoms with Crippen LogP contribution in [0, 0.1) is 6.92 Å². The van der Waals surface area contributed by atoms with Crippen LogP contribution in [-0.2, 0) is 11.3 Å². The molecule has 1 amide bonds. The minimum Gasteiger partial charge on any atom is -0.483 e. The molecule has 0 spiro atoms. The molecule has 0 bridgehead atoms. The zero-order valence-corrected chi connectivity index (χ0v) is 17.9. The summed E-state index contributed by atoms with van der Waals surface area (Å²) in [7, 11) is 0. The van der Waals surface area contributed by atoms with Crippen LogP contribution in [0.25, 0.3) is 0 Å². The van der Waals surface area contributed by atoms with Crippen molar-refractivity contribution >= 4 is 23.2 Å². The van der Waals surface area contributed by atoms with E-state index < -0.39 is 0 Å². The van der Waals surface area contributed by atoms with Crippen LogP contribution in [0.5, 0.6) is 5.75 Å². The molecule has 1 aliphatic rings. The van der Waals surface area contributed by atoms with Crippen molar-refractivity contribution < 1.29 is 9.53 Å².